The Balaban J connectivity index is 1.52. The van der Waals surface area contributed by atoms with E-state index in [0.29, 0.717) is 22.7 Å². The Morgan fingerprint density at radius 2 is 2.21 bits per heavy atom. The van der Waals surface area contributed by atoms with Crippen molar-refractivity contribution in [1.29, 1.82) is 0 Å². The van der Waals surface area contributed by atoms with Gasteiger partial charge >= 0.3 is 0 Å². The van der Waals surface area contributed by atoms with Crippen LogP contribution in [0.4, 0.5) is 0 Å². The number of carbonyl (C=O) groups is 1. The van der Waals surface area contributed by atoms with Gasteiger partial charge in [-0.15, -0.1) is 11.3 Å². The smallest absolute Gasteiger partial charge is 0.262 e. The first kappa shape index (κ1) is 18.5. The van der Waals surface area contributed by atoms with E-state index in [1.54, 1.807) is 16.0 Å². The maximum absolute atomic E-state index is 12.4. The Labute approximate surface area is 168 Å². The lowest BCUT2D eigenvalue weighted by Crippen LogP contribution is -2.24. The standard InChI is InChI=1S/C19H17N5O2S2/c1-12-4-2-5-13(8-12)24-17-15(10-21-24)18(26)23-19(22-17)28-11-16(25)20-9-14-6-3-7-27-14/h2-8,10H,9,11H2,1H3,(H,20,25)(H,22,23,26). The molecule has 1 aromatic carbocycles. The molecular formula is C19H17N5O2S2. The number of aromatic nitrogens is 4. The van der Waals surface area contributed by atoms with Gasteiger partial charge in [-0.1, -0.05) is 30.0 Å². The zero-order chi connectivity index (χ0) is 19.5. The predicted molar refractivity (Wildman–Crippen MR) is 111 cm³/mol. The number of aromatic amines is 1. The third kappa shape index (κ3) is 4.00. The molecule has 2 N–H and O–H groups in total. The Bertz CT molecular complexity index is 1180. The zero-order valence-corrected chi connectivity index (χ0v) is 16.6. The first-order valence-electron chi connectivity index (χ1n) is 8.57. The average molecular weight is 412 g/mol. The van der Waals surface area contributed by atoms with E-state index in [-0.39, 0.29) is 17.2 Å². The molecule has 0 aliphatic rings. The molecule has 0 radical (unpaired) electrons. The van der Waals surface area contributed by atoms with E-state index in [1.165, 1.54) is 18.0 Å². The molecule has 0 unspecified atom stereocenters. The lowest BCUT2D eigenvalue weighted by atomic mass is 10.2. The number of fused-ring (bicyclic) bond motifs is 1. The number of rotatable bonds is 6. The topological polar surface area (TPSA) is 92.7 Å². The van der Waals surface area contributed by atoms with Crippen LogP contribution in [0, 0.1) is 6.92 Å². The summed E-state index contributed by atoms with van der Waals surface area (Å²) in [6.45, 7) is 2.49. The van der Waals surface area contributed by atoms with Crippen molar-refractivity contribution in [2.45, 2.75) is 18.6 Å². The molecule has 28 heavy (non-hydrogen) atoms. The fourth-order valence-electron chi connectivity index (χ4n) is 2.70. The van der Waals surface area contributed by atoms with E-state index in [2.05, 4.69) is 20.4 Å². The highest BCUT2D eigenvalue weighted by Gasteiger charge is 2.13. The van der Waals surface area contributed by atoms with Crippen LogP contribution in [0.1, 0.15) is 10.4 Å². The first-order valence-corrected chi connectivity index (χ1v) is 10.4. The summed E-state index contributed by atoms with van der Waals surface area (Å²) in [5, 5.41) is 9.93. The molecule has 0 fully saturated rings. The molecule has 142 valence electrons. The normalized spacial score (nSPS) is 11.0. The minimum atomic E-state index is -0.273. The van der Waals surface area contributed by atoms with Crippen molar-refractivity contribution in [2.24, 2.45) is 0 Å². The second-order valence-corrected chi connectivity index (χ2v) is 8.14. The number of nitrogens with one attached hydrogen (secondary N) is 2. The molecule has 4 aromatic rings. The predicted octanol–water partition coefficient (Wildman–Crippen LogP) is 2.89. The molecule has 7 nitrogen and oxygen atoms in total. The van der Waals surface area contributed by atoms with Gasteiger partial charge in [0.2, 0.25) is 5.91 Å². The van der Waals surface area contributed by atoms with Gasteiger partial charge in [-0.3, -0.25) is 9.59 Å². The minimum Gasteiger partial charge on any atom is -0.350 e. The molecule has 4 rings (SSSR count). The van der Waals surface area contributed by atoms with Crippen LogP contribution in [0.5, 0.6) is 0 Å². The summed E-state index contributed by atoms with van der Waals surface area (Å²) in [4.78, 5) is 32.8. The lowest BCUT2D eigenvalue weighted by molar-refractivity contribution is -0.118. The summed E-state index contributed by atoms with van der Waals surface area (Å²) in [6, 6.07) is 11.7. The summed E-state index contributed by atoms with van der Waals surface area (Å²) < 4.78 is 1.64. The van der Waals surface area contributed by atoms with Crippen molar-refractivity contribution in [3.8, 4) is 5.69 Å². The number of hydrogen-bond donors (Lipinski definition) is 2. The fourth-order valence-corrected chi connectivity index (χ4v) is 4.03. The Morgan fingerprint density at radius 1 is 1.32 bits per heavy atom. The number of benzene rings is 1. The molecule has 3 aromatic heterocycles. The molecule has 3 heterocycles. The van der Waals surface area contributed by atoms with Crippen molar-refractivity contribution in [1.82, 2.24) is 25.1 Å². The van der Waals surface area contributed by atoms with Gasteiger partial charge in [0.25, 0.3) is 5.56 Å². The third-order valence-electron chi connectivity index (χ3n) is 4.04. The number of amides is 1. The maximum Gasteiger partial charge on any atom is 0.262 e. The van der Waals surface area contributed by atoms with Crippen LogP contribution in [0.25, 0.3) is 16.7 Å². The van der Waals surface area contributed by atoms with Crippen LogP contribution in [0.15, 0.2) is 57.9 Å². The van der Waals surface area contributed by atoms with Gasteiger partial charge in [0.15, 0.2) is 10.8 Å². The maximum atomic E-state index is 12.4. The molecule has 0 aliphatic carbocycles. The summed E-state index contributed by atoms with van der Waals surface area (Å²) in [5.41, 5.74) is 2.11. The largest absolute Gasteiger partial charge is 0.350 e. The van der Waals surface area contributed by atoms with Crippen LogP contribution < -0.4 is 10.9 Å². The van der Waals surface area contributed by atoms with Crippen LogP contribution in [0.3, 0.4) is 0 Å². The molecule has 0 aliphatic heterocycles. The van der Waals surface area contributed by atoms with Crippen LogP contribution >= 0.6 is 23.1 Å². The highest BCUT2D eigenvalue weighted by atomic mass is 32.2. The van der Waals surface area contributed by atoms with Gasteiger partial charge in [-0.2, -0.15) is 5.10 Å². The minimum absolute atomic E-state index is 0.117. The van der Waals surface area contributed by atoms with Crippen molar-refractivity contribution in [3.63, 3.8) is 0 Å². The number of hydrogen-bond acceptors (Lipinski definition) is 6. The van der Waals surface area contributed by atoms with Gasteiger partial charge in [0.05, 0.1) is 24.2 Å². The summed E-state index contributed by atoms with van der Waals surface area (Å²) >= 11 is 2.78. The summed E-state index contributed by atoms with van der Waals surface area (Å²) in [5.74, 6) is 0.0478. The molecule has 0 spiro atoms. The molecule has 0 saturated carbocycles. The number of thioether (sulfide) groups is 1. The average Bonchev–Trinajstić information content (AvgIpc) is 3.34. The molecular weight excluding hydrogens is 394 g/mol. The van der Waals surface area contributed by atoms with Crippen LogP contribution in [-0.2, 0) is 11.3 Å². The number of nitrogens with zero attached hydrogens (tertiary/aromatic N) is 3. The van der Waals surface area contributed by atoms with E-state index < -0.39 is 0 Å². The second kappa shape index (κ2) is 7.99. The summed E-state index contributed by atoms with van der Waals surface area (Å²) in [6.07, 6.45) is 1.51. The number of H-pyrrole nitrogens is 1. The number of aryl methyl sites for hydroxylation is 1. The molecule has 0 saturated heterocycles. The van der Waals surface area contributed by atoms with Gasteiger partial charge in [-0.05, 0) is 36.1 Å². The van der Waals surface area contributed by atoms with Crippen molar-refractivity contribution >= 4 is 40.0 Å². The monoisotopic (exact) mass is 411 g/mol. The number of thiophene rings is 1. The van der Waals surface area contributed by atoms with E-state index in [4.69, 9.17) is 0 Å². The first-order chi connectivity index (χ1) is 13.6. The van der Waals surface area contributed by atoms with E-state index in [9.17, 15) is 9.59 Å². The Kier molecular flexibility index (Phi) is 5.27. The fraction of sp³-hybridized carbons (Fsp3) is 0.158. The highest BCUT2D eigenvalue weighted by Crippen LogP contribution is 2.18. The lowest BCUT2D eigenvalue weighted by Gasteiger charge is -2.06. The third-order valence-corrected chi connectivity index (χ3v) is 5.79. The molecule has 0 atom stereocenters. The SMILES string of the molecule is Cc1cccc(-n2ncc3c(=O)[nH]c(SCC(=O)NCc4cccs4)nc32)c1. The highest BCUT2D eigenvalue weighted by molar-refractivity contribution is 7.99. The van der Waals surface area contributed by atoms with Crippen molar-refractivity contribution < 1.29 is 4.79 Å². The van der Waals surface area contributed by atoms with Gasteiger partial charge in [-0.25, -0.2) is 9.67 Å². The number of carbonyl (C=O) groups excluding carboxylic acids is 1. The van der Waals surface area contributed by atoms with Crippen molar-refractivity contribution in [2.75, 3.05) is 5.75 Å². The van der Waals surface area contributed by atoms with Crippen molar-refractivity contribution in [3.05, 3.63) is 68.8 Å². The van der Waals surface area contributed by atoms with E-state index >= 15 is 0 Å². The Morgan fingerprint density at radius 3 is 3.00 bits per heavy atom. The molecule has 9 heteroatoms. The molecule has 0 bridgehead atoms. The quantitative estimate of drug-likeness (QED) is 0.376. The van der Waals surface area contributed by atoms with Gasteiger partial charge in [0.1, 0.15) is 5.39 Å². The molecule has 1 amide bonds. The van der Waals surface area contributed by atoms with Crippen LogP contribution in [-0.4, -0.2) is 31.4 Å². The van der Waals surface area contributed by atoms with Crippen LogP contribution in [0.2, 0.25) is 0 Å². The van der Waals surface area contributed by atoms with E-state index in [0.717, 1.165) is 16.1 Å². The summed E-state index contributed by atoms with van der Waals surface area (Å²) in [7, 11) is 0. The second-order valence-electron chi connectivity index (χ2n) is 6.15. The van der Waals surface area contributed by atoms with Gasteiger partial charge < -0.3 is 10.3 Å². The van der Waals surface area contributed by atoms with Gasteiger partial charge in [0, 0.05) is 4.88 Å². The van der Waals surface area contributed by atoms with E-state index in [1.807, 2.05) is 48.7 Å². The Hall–Kier alpha value is -2.91. The zero-order valence-electron chi connectivity index (χ0n) is 15.0.